The van der Waals surface area contributed by atoms with E-state index in [1.165, 1.54) is 12.2 Å². The summed E-state index contributed by atoms with van der Waals surface area (Å²) in [5.41, 5.74) is -0.513. The number of hydrogen-bond acceptors (Lipinski definition) is 4. The smallest absolute Gasteiger partial charge is 0.330 e. The number of rotatable bonds is 3. The summed E-state index contributed by atoms with van der Waals surface area (Å²) in [6, 6.07) is 0. The largest absolute Gasteiger partial charge is 0.480 e. The van der Waals surface area contributed by atoms with Gasteiger partial charge in [-0.05, 0) is 33.3 Å². The van der Waals surface area contributed by atoms with Crippen LogP contribution < -0.4 is 0 Å². The Morgan fingerprint density at radius 3 is 2.69 bits per heavy atom. The number of carbonyl (C=O) groups excluding carboxylic acids is 2. The first-order chi connectivity index (χ1) is 7.40. The molecule has 0 aromatic heterocycles. The Morgan fingerprint density at radius 1 is 1.62 bits per heavy atom. The molecule has 0 radical (unpaired) electrons. The van der Waals surface area contributed by atoms with Gasteiger partial charge in [-0.1, -0.05) is 0 Å². The molecule has 16 heavy (non-hydrogen) atoms. The molecule has 0 bridgehead atoms. The lowest BCUT2D eigenvalue weighted by atomic mass is 9.93. The van der Waals surface area contributed by atoms with E-state index in [-0.39, 0.29) is 5.78 Å². The Bertz CT molecular complexity index is 378. The first-order valence-corrected chi connectivity index (χ1v) is 5.17. The van der Waals surface area contributed by atoms with Crippen LogP contribution in [0.1, 0.15) is 27.7 Å². The highest BCUT2D eigenvalue weighted by atomic mass is 16.5. The van der Waals surface area contributed by atoms with Gasteiger partial charge in [-0.2, -0.15) is 0 Å². The molecule has 1 rings (SSSR count). The van der Waals surface area contributed by atoms with Crippen LogP contribution in [0, 0.1) is 0 Å². The van der Waals surface area contributed by atoms with Crippen LogP contribution in [0.5, 0.6) is 0 Å². The zero-order valence-electron chi connectivity index (χ0n) is 9.99. The molecule has 4 heteroatoms. The van der Waals surface area contributed by atoms with Gasteiger partial charge in [-0.15, -0.1) is 0 Å². The highest BCUT2D eigenvalue weighted by Crippen LogP contribution is 2.31. The molecule has 4 nitrogen and oxygen atoms in total. The highest BCUT2D eigenvalue weighted by Gasteiger charge is 2.40. The van der Waals surface area contributed by atoms with Gasteiger partial charge in [-0.3, -0.25) is 4.79 Å². The van der Waals surface area contributed by atoms with Gasteiger partial charge < -0.3 is 9.47 Å². The van der Waals surface area contributed by atoms with Crippen molar-refractivity contribution < 1.29 is 19.1 Å². The number of ketones is 1. The summed E-state index contributed by atoms with van der Waals surface area (Å²) >= 11 is 0. The molecular formula is C12H16O4. The SMILES string of the molecule is CCOC(=O)/C=C(\C)C1(C)OC(C)=CC1=O. The van der Waals surface area contributed by atoms with Crippen molar-refractivity contribution in [2.45, 2.75) is 33.3 Å². The number of allylic oxidation sites excluding steroid dienone is 1. The fourth-order valence-corrected chi connectivity index (χ4v) is 1.50. The van der Waals surface area contributed by atoms with E-state index in [2.05, 4.69) is 0 Å². The van der Waals surface area contributed by atoms with Crippen molar-refractivity contribution in [1.29, 1.82) is 0 Å². The predicted molar refractivity (Wildman–Crippen MR) is 58.6 cm³/mol. The second kappa shape index (κ2) is 4.51. The Kier molecular flexibility index (Phi) is 3.52. The second-order valence-electron chi connectivity index (χ2n) is 3.83. The lowest BCUT2D eigenvalue weighted by molar-refractivity contribution is -0.137. The quantitative estimate of drug-likeness (QED) is 0.541. The summed E-state index contributed by atoms with van der Waals surface area (Å²) in [5.74, 6) is -0.0469. The van der Waals surface area contributed by atoms with Crippen LogP contribution in [0.15, 0.2) is 23.5 Å². The molecule has 1 aliphatic heterocycles. The molecule has 0 aromatic rings. The van der Waals surface area contributed by atoms with Crippen LogP contribution in [0.25, 0.3) is 0 Å². The number of ether oxygens (including phenoxy) is 2. The van der Waals surface area contributed by atoms with Gasteiger partial charge >= 0.3 is 5.97 Å². The molecule has 1 unspecified atom stereocenters. The van der Waals surface area contributed by atoms with Crippen molar-refractivity contribution in [2.24, 2.45) is 0 Å². The third-order valence-electron chi connectivity index (χ3n) is 2.54. The van der Waals surface area contributed by atoms with E-state index >= 15 is 0 Å². The summed E-state index contributed by atoms with van der Waals surface area (Å²) in [6.45, 7) is 7.08. The monoisotopic (exact) mass is 224 g/mol. The zero-order valence-corrected chi connectivity index (χ0v) is 9.99. The molecule has 0 aliphatic carbocycles. The maximum Gasteiger partial charge on any atom is 0.330 e. The van der Waals surface area contributed by atoms with Crippen molar-refractivity contribution >= 4 is 11.8 Å². The number of carbonyl (C=O) groups is 2. The fraction of sp³-hybridized carbons (Fsp3) is 0.500. The van der Waals surface area contributed by atoms with Crippen LogP contribution in [-0.4, -0.2) is 24.0 Å². The van der Waals surface area contributed by atoms with Crippen LogP contribution >= 0.6 is 0 Å². The summed E-state index contributed by atoms with van der Waals surface area (Å²) in [6.07, 6.45) is 2.73. The summed E-state index contributed by atoms with van der Waals surface area (Å²) < 4.78 is 10.2. The third kappa shape index (κ3) is 2.32. The minimum Gasteiger partial charge on any atom is -0.480 e. The van der Waals surface area contributed by atoms with Crippen molar-refractivity contribution in [3.63, 3.8) is 0 Å². The van der Waals surface area contributed by atoms with E-state index in [0.717, 1.165) is 0 Å². The average molecular weight is 224 g/mol. The van der Waals surface area contributed by atoms with Gasteiger partial charge in [0.2, 0.25) is 5.78 Å². The van der Waals surface area contributed by atoms with E-state index in [0.29, 0.717) is 17.9 Å². The van der Waals surface area contributed by atoms with Crippen LogP contribution in [0.4, 0.5) is 0 Å². The summed E-state index contributed by atoms with van der Waals surface area (Å²) in [5, 5.41) is 0. The van der Waals surface area contributed by atoms with Gasteiger partial charge in [0.15, 0.2) is 5.60 Å². The first kappa shape index (κ1) is 12.5. The standard InChI is InChI=1S/C12H16O4/c1-5-15-11(14)6-8(2)12(4)10(13)7-9(3)16-12/h6-7H,5H2,1-4H3/b8-6+. The molecule has 0 spiro atoms. The van der Waals surface area contributed by atoms with Crippen molar-refractivity contribution in [2.75, 3.05) is 6.61 Å². The Hall–Kier alpha value is -1.58. The van der Waals surface area contributed by atoms with Gasteiger partial charge in [0.25, 0.3) is 0 Å². The molecule has 88 valence electrons. The van der Waals surface area contributed by atoms with E-state index < -0.39 is 11.6 Å². The fourth-order valence-electron chi connectivity index (χ4n) is 1.50. The molecule has 1 atom stereocenters. The number of hydrogen-bond donors (Lipinski definition) is 0. The van der Waals surface area contributed by atoms with Gasteiger partial charge in [0.05, 0.1) is 12.4 Å². The van der Waals surface area contributed by atoms with E-state index in [9.17, 15) is 9.59 Å². The minimum absolute atomic E-state index is 0.150. The van der Waals surface area contributed by atoms with Crippen LogP contribution in [0.3, 0.4) is 0 Å². The Balaban J connectivity index is 2.86. The normalized spacial score (nSPS) is 25.1. The third-order valence-corrected chi connectivity index (χ3v) is 2.54. The molecule has 0 saturated heterocycles. The first-order valence-electron chi connectivity index (χ1n) is 5.17. The predicted octanol–water partition coefficient (Wildman–Crippen LogP) is 1.76. The minimum atomic E-state index is -1.06. The topological polar surface area (TPSA) is 52.6 Å². The van der Waals surface area contributed by atoms with E-state index in [1.807, 2.05) is 0 Å². The van der Waals surface area contributed by atoms with Crippen LogP contribution in [0.2, 0.25) is 0 Å². The van der Waals surface area contributed by atoms with Crippen molar-refractivity contribution in [1.82, 2.24) is 0 Å². The van der Waals surface area contributed by atoms with E-state index in [4.69, 9.17) is 9.47 Å². The molecule has 0 aromatic carbocycles. The zero-order chi connectivity index (χ0) is 12.3. The molecular weight excluding hydrogens is 208 g/mol. The number of esters is 1. The maximum absolute atomic E-state index is 11.7. The highest BCUT2D eigenvalue weighted by molar-refractivity contribution is 6.02. The molecule has 0 amide bonds. The van der Waals surface area contributed by atoms with E-state index in [1.54, 1.807) is 27.7 Å². The van der Waals surface area contributed by atoms with Gasteiger partial charge in [0.1, 0.15) is 0 Å². The van der Waals surface area contributed by atoms with Crippen LogP contribution in [-0.2, 0) is 19.1 Å². The molecule has 0 saturated carbocycles. The van der Waals surface area contributed by atoms with Gasteiger partial charge in [-0.25, -0.2) is 4.79 Å². The summed E-state index contributed by atoms with van der Waals surface area (Å²) in [4.78, 5) is 23.0. The maximum atomic E-state index is 11.7. The van der Waals surface area contributed by atoms with Crippen molar-refractivity contribution in [3.05, 3.63) is 23.5 Å². The second-order valence-corrected chi connectivity index (χ2v) is 3.83. The Labute approximate surface area is 94.9 Å². The molecule has 1 heterocycles. The average Bonchev–Trinajstić information content (AvgIpc) is 2.42. The molecule has 0 fully saturated rings. The molecule has 1 aliphatic rings. The lowest BCUT2D eigenvalue weighted by Crippen LogP contribution is -2.34. The lowest BCUT2D eigenvalue weighted by Gasteiger charge is -2.24. The van der Waals surface area contributed by atoms with Gasteiger partial charge in [0, 0.05) is 12.2 Å². The molecule has 0 N–H and O–H groups in total. The summed E-state index contributed by atoms with van der Waals surface area (Å²) in [7, 11) is 0. The Morgan fingerprint density at radius 2 is 2.25 bits per heavy atom. The van der Waals surface area contributed by atoms with Crippen molar-refractivity contribution in [3.8, 4) is 0 Å².